The highest BCUT2D eigenvalue weighted by atomic mass is 16.1. The molecular weight excluding hydrogens is 226 g/mol. The molecule has 2 aromatic heterocycles. The van der Waals surface area contributed by atoms with Crippen molar-refractivity contribution in [2.45, 2.75) is 39.8 Å². The lowest BCUT2D eigenvalue weighted by atomic mass is 10.1. The van der Waals surface area contributed by atoms with Gasteiger partial charge in [-0.15, -0.1) is 0 Å². The van der Waals surface area contributed by atoms with E-state index < -0.39 is 0 Å². The first-order valence-electron chi connectivity index (χ1n) is 6.27. The summed E-state index contributed by atoms with van der Waals surface area (Å²) in [5, 5.41) is 4.48. The molecule has 0 saturated carbocycles. The van der Waals surface area contributed by atoms with Crippen molar-refractivity contribution in [3.05, 3.63) is 52.2 Å². The van der Waals surface area contributed by atoms with E-state index in [1.807, 2.05) is 23.9 Å². The lowest BCUT2D eigenvalue weighted by molar-refractivity contribution is 0.521. The molecule has 0 aliphatic rings. The average molecular weight is 245 g/mol. The summed E-state index contributed by atoms with van der Waals surface area (Å²) in [6.07, 6.45) is 3.88. The first-order chi connectivity index (χ1) is 8.58. The number of hydrogen-bond acceptors (Lipinski definition) is 2. The fourth-order valence-corrected chi connectivity index (χ4v) is 2.07. The number of rotatable bonds is 4. The Balaban J connectivity index is 2.09. The molecule has 0 aromatic carbocycles. The van der Waals surface area contributed by atoms with Crippen LogP contribution >= 0.6 is 0 Å². The van der Waals surface area contributed by atoms with Crippen molar-refractivity contribution in [1.82, 2.24) is 14.3 Å². The van der Waals surface area contributed by atoms with Crippen LogP contribution in [0, 0.1) is 6.92 Å². The van der Waals surface area contributed by atoms with Gasteiger partial charge in [0.2, 0.25) is 0 Å². The van der Waals surface area contributed by atoms with E-state index in [-0.39, 0.29) is 5.56 Å². The number of nitrogens with zero attached hydrogens (tertiary/aromatic N) is 3. The molecule has 2 aromatic rings. The quantitative estimate of drug-likeness (QED) is 0.828. The van der Waals surface area contributed by atoms with Crippen LogP contribution in [0.2, 0.25) is 0 Å². The Morgan fingerprint density at radius 2 is 2.06 bits per heavy atom. The fraction of sp³-hybridized carbons (Fsp3) is 0.429. The third-order valence-corrected chi connectivity index (χ3v) is 3.08. The minimum Gasteiger partial charge on any atom is -0.314 e. The average Bonchev–Trinajstić information content (AvgIpc) is 2.70. The van der Waals surface area contributed by atoms with Crippen molar-refractivity contribution < 1.29 is 0 Å². The van der Waals surface area contributed by atoms with Crippen LogP contribution in [-0.2, 0) is 13.1 Å². The first kappa shape index (κ1) is 12.6. The van der Waals surface area contributed by atoms with Crippen LogP contribution < -0.4 is 5.56 Å². The minimum atomic E-state index is 0.0328. The van der Waals surface area contributed by atoms with Crippen molar-refractivity contribution in [2.24, 2.45) is 0 Å². The summed E-state index contributed by atoms with van der Waals surface area (Å²) < 4.78 is 3.62. The second-order valence-electron chi connectivity index (χ2n) is 4.82. The van der Waals surface area contributed by atoms with Crippen LogP contribution in [0.1, 0.15) is 31.0 Å². The highest BCUT2D eigenvalue weighted by Crippen LogP contribution is 2.17. The largest absolute Gasteiger partial charge is 0.314 e. The van der Waals surface area contributed by atoms with E-state index in [2.05, 4.69) is 25.1 Å². The number of hydrogen-bond donors (Lipinski definition) is 0. The molecule has 0 aliphatic heterocycles. The van der Waals surface area contributed by atoms with Gasteiger partial charge in [0, 0.05) is 25.0 Å². The topological polar surface area (TPSA) is 39.8 Å². The number of aryl methyl sites for hydroxylation is 3. The van der Waals surface area contributed by atoms with Crippen molar-refractivity contribution in [1.29, 1.82) is 0 Å². The van der Waals surface area contributed by atoms with E-state index in [1.165, 1.54) is 5.56 Å². The minimum absolute atomic E-state index is 0.0328. The molecular formula is C14H19N3O. The van der Waals surface area contributed by atoms with Gasteiger partial charge in [-0.05, 0) is 24.5 Å². The van der Waals surface area contributed by atoms with Crippen LogP contribution in [0.25, 0.3) is 0 Å². The monoisotopic (exact) mass is 245 g/mol. The molecule has 0 N–H and O–H groups in total. The Hall–Kier alpha value is -1.84. The summed E-state index contributed by atoms with van der Waals surface area (Å²) in [6, 6.07) is 5.21. The first-order valence-corrected chi connectivity index (χ1v) is 6.27. The highest BCUT2D eigenvalue weighted by Gasteiger charge is 2.08. The second-order valence-corrected chi connectivity index (χ2v) is 4.82. The maximum atomic E-state index is 11.6. The molecule has 4 nitrogen and oxygen atoms in total. The summed E-state index contributed by atoms with van der Waals surface area (Å²) in [4.78, 5) is 11.6. The van der Waals surface area contributed by atoms with Crippen LogP contribution in [0.3, 0.4) is 0 Å². The molecule has 0 radical (unpaired) electrons. The third-order valence-electron chi connectivity index (χ3n) is 3.08. The van der Waals surface area contributed by atoms with Gasteiger partial charge in [-0.2, -0.15) is 5.10 Å². The number of pyridine rings is 1. The van der Waals surface area contributed by atoms with Crippen LogP contribution in [0.15, 0.2) is 35.4 Å². The van der Waals surface area contributed by atoms with Gasteiger partial charge in [0.1, 0.15) is 0 Å². The van der Waals surface area contributed by atoms with Gasteiger partial charge in [-0.1, -0.05) is 19.9 Å². The number of aromatic nitrogens is 3. The molecule has 0 fully saturated rings. The molecule has 0 amide bonds. The molecule has 18 heavy (non-hydrogen) atoms. The maximum Gasteiger partial charge on any atom is 0.250 e. The molecule has 0 spiro atoms. The molecule has 2 heterocycles. The summed E-state index contributed by atoms with van der Waals surface area (Å²) in [5.74, 6) is 0.484. The molecule has 0 bridgehead atoms. The van der Waals surface area contributed by atoms with Gasteiger partial charge in [0.05, 0.1) is 12.2 Å². The summed E-state index contributed by atoms with van der Waals surface area (Å²) in [5.41, 5.74) is 2.38. The second kappa shape index (κ2) is 5.21. The molecule has 4 heteroatoms. The van der Waals surface area contributed by atoms with Crippen LogP contribution in [0.4, 0.5) is 0 Å². The molecule has 2 rings (SSSR count). The smallest absolute Gasteiger partial charge is 0.250 e. The normalized spacial score (nSPS) is 11.1. The van der Waals surface area contributed by atoms with E-state index in [4.69, 9.17) is 0 Å². The Kier molecular flexibility index (Phi) is 3.65. The van der Waals surface area contributed by atoms with E-state index in [0.717, 1.165) is 12.2 Å². The zero-order valence-electron chi connectivity index (χ0n) is 11.1. The third kappa shape index (κ3) is 2.70. The van der Waals surface area contributed by atoms with Crippen molar-refractivity contribution in [3.63, 3.8) is 0 Å². The van der Waals surface area contributed by atoms with Gasteiger partial charge in [0.15, 0.2) is 0 Å². The Bertz CT molecular complexity index is 581. The Morgan fingerprint density at radius 3 is 2.67 bits per heavy atom. The zero-order chi connectivity index (χ0) is 13.1. The van der Waals surface area contributed by atoms with Gasteiger partial charge in [-0.3, -0.25) is 9.48 Å². The van der Waals surface area contributed by atoms with E-state index in [9.17, 15) is 4.79 Å². The summed E-state index contributed by atoms with van der Waals surface area (Å²) in [7, 11) is 0. The summed E-state index contributed by atoms with van der Waals surface area (Å²) >= 11 is 0. The van der Waals surface area contributed by atoms with Crippen LogP contribution in [-0.4, -0.2) is 14.3 Å². The van der Waals surface area contributed by atoms with Crippen molar-refractivity contribution >= 4 is 0 Å². The predicted octanol–water partition coefficient (Wildman–Crippen LogP) is 2.18. The predicted molar refractivity (Wildman–Crippen MR) is 71.8 cm³/mol. The van der Waals surface area contributed by atoms with Crippen molar-refractivity contribution in [3.8, 4) is 0 Å². The SMILES string of the molecule is Cc1nn(CCn2ccccc2=O)cc1C(C)C. The molecule has 96 valence electrons. The van der Waals surface area contributed by atoms with Gasteiger partial charge >= 0.3 is 0 Å². The molecule has 0 atom stereocenters. The summed E-state index contributed by atoms with van der Waals surface area (Å²) in [6.45, 7) is 7.72. The lowest BCUT2D eigenvalue weighted by Gasteiger charge is -2.05. The van der Waals surface area contributed by atoms with Gasteiger partial charge in [0.25, 0.3) is 5.56 Å². The molecule has 0 unspecified atom stereocenters. The Labute approximate surface area is 107 Å². The van der Waals surface area contributed by atoms with Gasteiger partial charge < -0.3 is 4.57 Å². The fourth-order valence-electron chi connectivity index (χ4n) is 2.07. The maximum absolute atomic E-state index is 11.6. The van der Waals surface area contributed by atoms with Crippen LogP contribution in [0.5, 0.6) is 0 Å². The van der Waals surface area contributed by atoms with E-state index >= 15 is 0 Å². The Morgan fingerprint density at radius 1 is 1.28 bits per heavy atom. The van der Waals surface area contributed by atoms with E-state index in [1.54, 1.807) is 16.7 Å². The zero-order valence-corrected chi connectivity index (χ0v) is 11.1. The van der Waals surface area contributed by atoms with Gasteiger partial charge in [-0.25, -0.2) is 0 Å². The molecule has 0 saturated heterocycles. The molecule has 0 aliphatic carbocycles. The standard InChI is InChI=1S/C14H19N3O/c1-11(2)13-10-17(15-12(13)3)9-8-16-7-5-4-6-14(16)18/h4-7,10-11H,8-9H2,1-3H3. The van der Waals surface area contributed by atoms with Crippen molar-refractivity contribution in [2.75, 3.05) is 0 Å². The van der Waals surface area contributed by atoms with E-state index in [0.29, 0.717) is 12.5 Å². The lowest BCUT2D eigenvalue weighted by Crippen LogP contribution is -2.20. The highest BCUT2D eigenvalue weighted by molar-refractivity contribution is 5.19.